The Bertz CT molecular complexity index is 959. The number of methoxy groups -OCH3 is 1. The van der Waals surface area contributed by atoms with Gasteiger partial charge in [0.15, 0.2) is 0 Å². The van der Waals surface area contributed by atoms with E-state index in [9.17, 15) is 13.2 Å². The van der Waals surface area contributed by atoms with Crippen LogP contribution in [0.1, 0.15) is 5.56 Å². The van der Waals surface area contributed by atoms with Gasteiger partial charge in [0.1, 0.15) is 29.6 Å². The minimum atomic E-state index is -3.70. The van der Waals surface area contributed by atoms with E-state index in [1.807, 2.05) is 0 Å². The third-order valence-corrected chi connectivity index (χ3v) is 5.22. The highest BCUT2D eigenvalue weighted by Gasteiger charge is 2.17. The molecule has 0 aromatic heterocycles. The molecule has 0 aliphatic carbocycles. The molecule has 0 saturated carbocycles. The van der Waals surface area contributed by atoms with Crippen molar-refractivity contribution < 1.29 is 27.4 Å². The third-order valence-electron chi connectivity index (χ3n) is 3.55. The Morgan fingerprint density at radius 1 is 1.18 bits per heavy atom. The van der Waals surface area contributed by atoms with Crippen LogP contribution in [0.15, 0.2) is 53.4 Å². The number of carbonyl (C=O) groups excluding carboxylic acids is 1. The van der Waals surface area contributed by atoms with Crippen LogP contribution in [0.3, 0.4) is 0 Å². The average Bonchev–Trinajstić information content (AvgIpc) is 2.69. The van der Waals surface area contributed by atoms with Gasteiger partial charge in [0, 0.05) is 11.1 Å². The van der Waals surface area contributed by atoms with Gasteiger partial charge in [0.05, 0.1) is 7.11 Å². The lowest BCUT2D eigenvalue weighted by molar-refractivity contribution is -0.138. The fourth-order valence-electron chi connectivity index (χ4n) is 2.19. The average molecular weight is 426 g/mol. The minimum Gasteiger partial charge on any atom is -0.495 e. The summed E-state index contributed by atoms with van der Waals surface area (Å²) in [5, 5.41) is 0.552. The number of esters is 1. The lowest BCUT2D eigenvalue weighted by atomic mass is 10.2. The maximum Gasteiger partial charge on any atom is 0.330 e. The molecule has 0 fully saturated rings. The van der Waals surface area contributed by atoms with Gasteiger partial charge in [-0.2, -0.15) is 0 Å². The Morgan fingerprint density at radius 3 is 2.64 bits per heavy atom. The van der Waals surface area contributed by atoms with Crippen LogP contribution in [0.5, 0.6) is 11.5 Å². The summed E-state index contributed by atoms with van der Waals surface area (Å²) >= 11 is 5.85. The van der Waals surface area contributed by atoms with Crippen LogP contribution < -0.4 is 14.2 Å². The number of halogens is 1. The fourth-order valence-corrected chi connectivity index (χ4v) is 3.30. The summed E-state index contributed by atoms with van der Waals surface area (Å²) in [6.07, 6.45) is 2.66. The van der Waals surface area contributed by atoms with Gasteiger partial charge in [-0.1, -0.05) is 23.7 Å². The van der Waals surface area contributed by atoms with E-state index in [1.54, 1.807) is 30.3 Å². The normalized spacial score (nSPS) is 11.4. The van der Waals surface area contributed by atoms with Crippen LogP contribution in [0.2, 0.25) is 5.02 Å². The van der Waals surface area contributed by atoms with Gasteiger partial charge in [-0.15, -0.1) is 0 Å². The zero-order valence-electron chi connectivity index (χ0n) is 15.3. The Balaban J connectivity index is 1.92. The van der Waals surface area contributed by atoms with Gasteiger partial charge in [0.25, 0.3) is 0 Å². The van der Waals surface area contributed by atoms with Gasteiger partial charge < -0.3 is 14.2 Å². The first-order chi connectivity index (χ1) is 13.4. The molecule has 0 unspecified atom stereocenters. The number of hydrogen-bond donors (Lipinski definition) is 1. The van der Waals surface area contributed by atoms with Crippen molar-refractivity contribution in [2.45, 2.75) is 4.90 Å². The molecule has 0 heterocycles. The van der Waals surface area contributed by atoms with Crippen molar-refractivity contribution in [3.05, 3.63) is 59.1 Å². The van der Waals surface area contributed by atoms with E-state index in [0.717, 1.165) is 0 Å². The topological polar surface area (TPSA) is 90.9 Å². The van der Waals surface area contributed by atoms with E-state index < -0.39 is 16.0 Å². The molecule has 0 aliphatic rings. The second kappa shape index (κ2) is 10.1. The lowest BCUT2D eigenvalue weighted by Gasteiger charge is -2.09. The number of nitrogens with one attached hydrogen (secondary N) is 1. The highest BCUT2D eigenvalue weighted by molar-refractivity contribution is 7.89. The van der Waals surface area contributed by atoms with Crippen LogP contribution in [0.25, 0.3) is 6.08 Å². The Morgan fingerprint density at radius 2 is 1.96 bits per heavy atom. The third kappa shape index (κ3) is 6.26. The molecular formula is C19H20ClNO6S. The predicted octanol–water partition coefficient (Wildman–Crippen LogP) is 2.89. The van der Waals surface area contributed by atoms with Crippen molar-refractivity contribution in [2.75, 3.05) is 27.4 Å². The zero-order valence-corrected chi connectivity index (χ0v) is 16.9. The van der Waals surface area contributed by atoms with Crippen molar-refractivity contribution in [3.8, 4) is 11.5 Å². The van der Waals surface area contributed by atoms with E-state index >= 15 is 0 Å². The number of ether oxygens (including phenoxy) is 3. The monoisotopic (exact) mass is 425 g/mol. The maximum atomic E-state index is 12.1. The minimum absolute atomic E-state index is 0.0251. The summed E-state index contributed by atoms with van der Waals surface area (Å²) in [5.41, 5.74) is 0.502. The number of carbonyl (C=O) groups is 1. The SMILES string of the molecule is CNS(=O)(=O)c1cc(/C=C/C(=O)OCCOc2cccc(Cl)c2)ccc1OC. The second-order valence-electron chi connectivity index (χ2n) is 5.42. The summed E-state index contributed by atoms with van der Waals surface area (Å²) in [7, 11) is -1.02. The summed E-state index contributed by atoms with van der Waals surface area (Å²) in [4.78, 5) is 11.8. The molecule has 0 aliphatic heterocycles. The van der Waals surface area contributed by atoms with Crippen LogP contribution in [0, 0.1) is 0 Å². The predicted molar refractivity (Wildman–Crippen MR) is 106 cm³/mol. The highest BCUT2D eigenvalue weighted by Crippen LogP contribution is 2.25. The Labute approximate surface area is 168 Å². The molecule has 9 heteroatoms. The van der Waals surface area contributed by atoms with Crippen molar-refractivity contribution in [1.29, 1.82) is 0 Å². The molecule has 2 rings (SSSR count). The van der Waals surface area contributed by atoms with Crippen molar-refractivity contribution in [3.63, 3.8) is 0 Å². The second-order valence-corrected chi connectivity index (χ2v) is 7.72. The van der Waals surface area contributed by atoms with Crippen LogP contribution in [-0.4, -0.2) is 41.8 Å². The number of rotatable bonds is 9. The molecule has 0 spiro atoms. The summed E-state index contributed by atoms with van der Waals surface area (Å²) in [6.45, 7) is 0.227. The van der Waals surface area contributed by atoms with Crippen molar-refractivity contribution in [1.82, 2.24) is 4.72 Å². The van der Waals surface area contributed by atoms with Gasteiger partial charge in [-0.25, -0.2) is 17.9 Å². The summed E-state index contributed by atoms with van der Waals surface area (Å²) < 4.78 is 41.9. The van der Waals surface area contributed by atoms with E-state index in [2.05, 4.69) is 4.72 Å². The summed E-state index contributed by atoms with van der Waals surface area (Å²) in [5.74, 6) is 0.200. The number of sulfonamides is 1. The van der Waals surface area contributed by atoms with Gasteiger partial charge in [-0.05, 0) is 49.0 Å². The Kier molecular flexibility index (Phi) is 7.86. The van der Waals surface area contributed by atoms with E-state index in [-0.39, 0.29) is 23.9 Å². The molecule has 2 aromatic rings. The molecule has 1 N–H and O–H groups in total. The first-order valence-corrected chi connectivity index (χ1v) is 10.1. The summed E-state index contributed by atoms with van der Waals surface area (Å²) in [6, 6.07) is 11.4. The molecule has 0 amide bonds. The molecule has 0 atom stereocenters. The molecule has 7 nitrogen and oxygen atoms in total. The fraction of sp³-hybridized carbons (Fsp3) is 0.211. The highest BCUT2D eigenvalue weighted by atomic mass is 35.5. The van der Waals surface area contributed by atoms with E-state index in [0.29, 0.717) is 16.3 Å². The molecule has 150 valence electrons. The molecule has 0 radical (unpaired) electrons. The van der Waals surface area contributed by atoms with Crippen LogP contribution in [0.4, 0.5) is 0 Å². The van der Waals surface area contributed by atoms with Crippen molar-refractivity contribution >= 4 is 33.7 Å². The van der Waals surface area contributed by atoms with E-state index in [4.69, 9.17) is 25.8 Å². The maximum absolute atomic E-state index is 12.1. The van der Waals surface area contributed by atoms with Gasteiger partial charge in [0.2, 0.25) is 10.0 Å². The number of hydrogen-bond acceptors (Lipinski definition) is 6. The van der Waals surface area contributed by atoms with Crippen molar-refractivity contribution in [2.24, 2.45) is 0 Å². The van der Waals surface area contributed by atoms with Crippen LogP contribution >= 0.6 is 11.6 Å². The molecule has 2 aromatic carbocycles. The first kappa shape index (κ1) is 21.7. The standard InChI is InChI=1S/C19H20ClNO6S/c1-21-28(23,24)18-12-14(6-8-17(18)25-2)7-9-19(22)27-11-10-26-16-5-3-4-15(20)13-16/h3-9,12-13,21H,10-11H2,1-2H3/b9-7+. The zero-order chi connectivity index (χ0) is 20.6. The largest absolute Gasteiger partial charge is 0.495 e. The smallest absolute Gasteiger partial charge is 0.330 e. The molecule has 0 bridgehead atoms. The quantitative estimate of drug-likeness (QED) is 0.377. The van der Waals surface area contributed by atoms with Gasteiger partial charge >= 0.3 is 5.97 Å². The number of benzene rings is 2. The lowest BCUT2D eigenvalue weighted by Crippen LogP contribution is -2.19. The van der Waals surface area contributed by atoms with Gasteiger partial charge in [-0.3, -0.25) is 0 Å². The molecule has 28 heavy (non-hydrogen) atoms. The Hall–Kier alpha value is -2.55. The molecular weight excluding hydrogens is 406 g/mol. The molecule has 0 saturated heterocycles. The van der Waals surface area contributed by atoms with E-state index in [1.165, 1.54) is 38.4 Å². The first-order valence-electron chi connectivity index (χ1n) is 8.20. The van der Waals surface area contributed by atoms with Crippen LogP contribution in [-0.2, 0) is 19.6 Å².